The summed E-state index contributed by atoms with van der Waals surface area (Å²) in [5.74, 6) is -0.153. The third kappa shape index (κ3) is 3.19. The molecule has 4 nitrogen and oxygen atoms in total. The lowest BCUT2D eigenvalue weighted by molar-refractivity contribution is 0.102. The number of carbonyl (C=O) groups excluding carboxylic acids is 1. The van der Waals surface area contributed by atoms with Crippen LogP contribution in [0.2, 0.25) is 0 Å². The number of hydrogen-bond donors (Lipinski definition) is 1. The molecular weight excluding hydrogens is 378 g/mol. The van der Waals surface area contributed by atoms with Gasteiger partial charge in [0.25, 0.3) is 5.91 Å². The molecule has 0 unspecified atom stereocenters. The van der Waals surface area contributed by atoms with Gasteiger partial charge in [0.15, 0.2) is 0 Å². The molecule has 0 bridgehead atoms. The van der Waals surface area contributed by atoms with Gasteiger partial charge in [-0.15, -0.1) is 0 Å². The second kappa shape index (κ2) is 6.53. The molecule has 25 heavy (non-hydrogen) atoms. The number of pyridine rings is 1. The molecule has 122 valence electrons. The molecule has 0 atom stereocenters. The van der Waals surface area contributed by atoms with Crippen LogP contribution >= 0.6 is 15.9 Å². The standard InChI is InChI=1S/C20H14BrN3O/c21-14-10-11-19-23-18(13-24(19)12-14)16-8-4-5-9-17(16)20(25)22-15-6-2-1-3-7-15/h1-13H,(H,22,25). The van der Waals surface area contributed by atoms with Crippen LogP contribution in [0, 0.1) is 0 Å². The van der Waals surface area contributed by atoms with Crippen LogP contribution in [-0.4, -0.2) is 15.3 Å². The fraction of sp³-hybridized carbons (Fsp3) is 0. The van der Waals surface area contributed by atoms with Crippen LogP contribution in [0.4, 0.5) is 5.69 Å². The lowest BCUT2D eigenvalue weighted by Crippen LogP contribution is -2.13. The second-order valence-electron chi connectivity index (χ2n) is 5.60. The van der Waals surface area contributed by atoms with Gasteiger partial charge in [-0.1, -0.05) is 36.4 Å². The highest BCUT2D eigenvalue weighted by molar-refractivity contribution is 9.10. The quantitative estimate of drug-likeness (QED) is 0.533. The van der Waals surface area contributed by atoms with Gasteiger partial charge in [0, 0.05) is 33.7 Å². The van der Waals surface area contributed by atoms with Gasteiger partial charge in [-0.05, 0) is 46.3 Å². The highest BCUT2D eigenvalue weighted by Crippen LogP contribution is 2.25. The van der Waals surface area contributed by atoms with E-state index >= 15 is 0 Å². The van der Waals surface area contributed by atoms with Gasteiger partial charge in [-0.3, -0.25) is 4.79 Å². The first-order chi connectivity index (χ1) is 12.2. The molecular formula is C20H14BrN3O. The lowest BCUT2D eigenvalue weighted by Gasteiger charge is -2.08. The molecule has 0 aliphatic heterocycles. The zero-order valence-corrected chi connectivity index (χ0v) is 14.8. The van der Waals surface area contributed by atoms with Crippen LogP contribution in [0.3, 0.4) is 0 Å². The van der Waals surface area contributed by atoms with Gasteiger partial charge in [-0.2, -0.15) is 0 Å². The molecule has 0 aliphatic carbocycles. The number of rotatable bonds is 3. The number of benzene rings is 2. The highest BCUT2D eigenvalue weighted by Gasteiger charge is 2.15. The van der Waals surface area contributed by atoms with Crippen molar-refractivity contribution in [2.45, 2.75) is 0 Å². The average molecular weight is 392 g/mol. The summed E-state index contributed by atoms with van der Waals surface area (Å²) in [5, 5.41) is 2.93. The number of carbonyl (C=O) groups is 1. The van der Waals surface area contributed by atoms with Crippen molar-refractivity contribution < 1.29 is 4.79 Å². The molecule has 2 heterocycles. The number of imidazole rings is 1. The predicted molar refractivity (Wildman–Crippen MR) is 103 cm³/mol. The van der Waals surface area contributed by atoms with Crippen LogP contribution < -0.4 is 5.32 Å². The van der Waals surface area contributed by atoms with Gasteiger partial charge < -0.3 is 9.72 Å². The van der Waals surface area contributed by atoms with Crippen molar-refractivity contribution in [1.82, 2.24) is 9.38 Å². The summed E-state index contributed by atoms with van der Waals surface area (Å²) in [6.07, 6.45) is 3.87. The van der Waals surface area contributed by atoms with Crippen LogP contribution in [0.1, 0.15) is 10.4 Å². The van der Waals surface area contributed by atoms with Gasteiger partial charge >= 0.3 is 0 Å². The Labute approximate surface area is 153 Å². The molecule has 0 saturated carbocycles. The van der Waals surface area contributed by atoms with E-state index in [0.717, 1.165) is 27.1 Å². The van der Waals surface area contributed by atoms with E-state index in [1.807, 2.05) is 83.5 Å². The zero-order valence-electron chi connectivity index (χ0n) is 13.2. The summed E-state index contributed by atoms with van der Waals surface area (Å²) in [7, 11) is 0. The average Bonchev–Trinajstić information content (AvgIpc) is 3.05. The van der Waals surface area contributed by atoms with Crippen molar-refractivity contribution in [3.63, 3.8) is 0 Å². The highest BCUT2D eigenvalue weighted by atomic mass is 79.9. The van der Waals surface area contributed by atoms with Crippen LogP contribution in [0.5, 0.6) is 0 Å². The Kier molecular flexibility index (Phi) is 4.07. The third-order valence-corrected chi connectivity index (χ3v) is 4.36. The molecule has 0 spiro atoms. The van der Waals surface area contributed by atoms with Crippen molar-refractivity contribution in [3.05, 3.63) is 89.2 Å². The van der Waals surface area contributed by atoms with Gasteiger partial charge in [0.05, 0.1) is 5.69 Å². The molecule has 4 aromatic rings. The molecule has 0 saturated heterocycles. The van der Waals surface area contributed by atoms with Gasteiger partial charge in [0.2, 0.25) is 0 Å². The fourth-order valence-corrected chi connectivity index (χ4v) is 3.07. The minimum absolute atomic E-state index is 0.153. The Bertz CT molecular complexity index is 1060. The Morgan fingerprint density at radius 2 is 1.68 bits per heavy atom. The maximum Gasteiger partial charge on any atom is 0.256 e. The smallest absolute Gasteiger partial charge is 0.256 e. The number of para-hydroxylation sites is 1. The van der Waals surface area contributed by atoms with E-state index in [-0.39, 0.29) is 5.91 Å². The monoisotopic (exact) mass is 391 g/mol. The molecule has 0 fully saturated rings. The van der Waals surface area contributed by atoms with E-state index in [9.17, 15) is 4.79 Å². The summed E-state index contributed by atoms with van der Waals surface area (Å²) < 4.78 is 2.91. The normalized spacial score (nSPS) is 10.8. The number of hydrogen-bond acceptors (Lipinski definition) is 2. The summed E-state index contributed by atoms with van der Waals surface area (Å²) in [6, 6.07) is 20.8. The molecule has 4 rings (SSSR count). The second-order valence-corrected chi connectivity index (χ2v) is 6.52. The van der Waals surface area contributed by atoms with Crippen molar-refractivity contribution >= 4 is 33.2 Å². The van der Waals surface area contributed by atoms with Crippen molar-refractivity contribution in [2.24, 2.45) is 0 Å². The molecule has 5 heteroatoms. The van der Waals surface area contributed by atoms with Gasteiger partial charge in [0.1, 0.15) is 5.65 Å². The van der Waals surface area contributed by atoms with E-state index in [1.54, 1.807) is 0 Å². The number of nitrogens with one attached hydrogen (secondary N) is 1. The topological polar surface area (TPSA) is 46.4 Å². The van der Waals surface area contributed by atoms with E-state index in [1.165, 1.54) is 0 Å². The third-order valence-electron chi connectivity index (χ3n) is 3.89. The van der Waals surface area contributed by atoms with Gasteiger partial charge in [-0.25, -0.2) is 4.98 Å². The van der Waals surface area contributed by atoms with Crippen LogP contribution in [0.25, 0.3) is 16.9 Å². The lowest BCUT2D eigenvalue weighted by atomic mass is 10.0. The SMILES string of the molecule is O=C(Nc1ccccc1)c1ccccc1-c1cn2cc(Br)ccc2n1. The molecule has 0 aliphatic rings. The summed E-state index contributed by atoms with van der Waals surface area (Å²) >= 11 is 3.46. The van der Waals surface area contributed by atoms with E-state index in [2.05, 4.69) is 26.2 Å². The minimum Gasteiger partial charge on any atom is -0.322 e. The van der Waals surface area contributed by atoms with Crippen molar-refractivity contribution in [2.75, 3.05) is 5.32 Å². The Hall–Kier alpha value is -2.92. The van der Waals surface area contributed by atoms with E-state index in [4.69, 9.17) is 0 Å². The Balaban J connectivity index is 1.74. The van der Waals surface area contributed by atoms with E-state index < -0.39 is 0 Å². The number of anilines is 1. The predicted octanol–water partition coefficient (Wildman–Crippen LogP) is 5.02. The summed E-state index contributed by atoms with van der Waals surface area (Å²) in [5.41, 5.74) is 3.75. The molecule has 1 amide bonds. The number of halogens is 1. The Morgan fingerprint density at radius 3 is 2.52 bits per heavy atom. The van der Waals surface area contributed by atoms with Crippen molar-refractivity contribution in [3.8, 4) is 11.3 Å². The number of nitrogens with zero attached hydrogens (tertiary/aromatic N) is 2. The summed E-state index contributed by atoms with van der Waals surface area (Å²) in [4.78, 5) is 17.4. The summed E-state index contributed by atoms with van der Waals surface area (Å²) in [6.45, 7) is 0. The first kappa shape index (κ1) is 15.6. The van der Waals surface area contributed by atoms with Crippen LogP contribution in [0.15, 0.2) is 83.6 Å². The first-order valence-corrected chi connectivity index (χ1v) is 8.60. The fourth-order valence-electron chi connectivity index (χ4n) is 2.72. The minimum atomic E-state index is -0.153. The number of amides is 1. The number of fused-ring (bicyclic) bond motifs is 1. The van der Waals surface area contributed by atoms with Crippen molar-refractivity contribution in [1.29, 1.82) is 0 Å². The largest absolute Gasteiger partial charge is 0.322 e. The molecule has 0 radical (unpaired) electrons. The maximum atomic E-state index is 12.7. The molecule has 1 N–H and O–H groups in total. The molecule has 2 aromatic carbocycles. The van der Waals surface area contributed by atoms with E-state index in [0.29, 0.717) is 5.56 Å². The maximum absolute atomic E-state index is 12.7. The zero-order chi connectivity index (χ0) is 17.2. The Morgan fingerprint density at radius 1 is 0.920 bits per heavy atom. The first-order valence-electron chi connectivity index (χ1n) is 7.81. The molecule has 2 aromatic heterocycles. The number of aromatic nitrogens is 2. The van der Waals surface area contributed by atoms with Crippen LogP contribution in [-0.2, 0) is 0 Å².